The number of furan rings is 1. The molecule has 0 radical (unpaired) electrons. The van der Waals surface area contributed by atoms with Crippen LogP contribution in [0.25, 0.3) is 23.1 Å². The third kappa shape index (κ3) is 4.81. The van der Waals surface area contributed by atoms with E-state index in [1.807, 2.05) is 45.0 Å². The van der Waals surface area contributed by atoms with Crippen LogP contribution in [0.2, 0.25) is 0 Å². The maximum absolute atomic E-state index is 12.6. The molecule has 0 aliphatic rings. The molecule has 4 aromatic rings. The Balaban J connectivity index is 0.00000117. The second-order valence-electron chi connectivity index (χ2n) is 5.88. The van der Waals surface area contributed by atoms with Gasteiger partial charge in [-0.1, -0.05) is 41.9 Å². The highest BCUT2D eigenvalue weighted by molar-refractivity contribution is 9.10. The lowest BCUT2D eigenvalue weighted by molar-refractivity contribution is 0.102. The molecule has 1 amide bonds. The van der Waals surface area contributed by atoms with Crippen molar-refractivity contribution in [1.82, 2.24) is 10.2 Å². The average molecular weight is 454 g/mol. The van der Waals surface area contributed by atoms with Crippen molar-refractivity contribution in [2.24, 2.45) is 0 Å². The molecule has 0 aliphatic carbocycles. The number of rotatable bonds is 4. The lowest BCUT2D eigenvalue weighted by Crippen LogP contribution is -2.13. The predicted molar refractivity (Wildman–Crippen MR) is 116 cm³/mol. The minimum Gasteiger partial charge on any atom is -0.459 e. The fourth-order valence-corrected chi connectivity index (χ4v) is 2.97. The van der Waals surface area contributed by atoms with Crippen molar-refractivity contribution in [1.29, 1.82) is 0 Å². The Kier molecular flexibility index (Phi) is 6.61. The molecule has 4 rings (SSSR count). The molecule has 29 heavy (non-hydrogen) atoms. The maximum atomic E-state index is 12.6. The molecular weight excluding hydrogens is 434 g/mol. The molecule has 148 valence electrons. The largest absolute Gasteiger partial charge is 0.459 e. The SMILES string of the molecule is CC.Cc1ccc(Br)cc1C(=O)Nc1cccc(-c2nnc(-c3ccco3)o2)c1. The molecule has 0 unspecified atom stereocenters. The summed E-state index contributed by atoms with van der Waals surface area (Å²) >= 11 is 3.40. The number of carbonyl (C=O) groups excluding carboxylic acids is 1. The second kappa shape index (κ2) is 9.34. The Morgan fingerprint density at radius 2 is 1.79 bits per heavy atom. The summed E-state index contributed by atoms with van der Waals surface area (Å²) in [5, 5.41) is 10.9. The molecule has 0 saturated heterocycles. The van der Waals surface area contributed by atoms with Gasteiger partial charge in [-0.3, -0.25) is 4.79 Å². The summed E-state index contributed by atoms with van der Waals surface area (Å²) in [4.78, 5) is 12.6. The number of amides is 1. The van der Waals surface area contributed by atoms with Crippen molar-refractivity contribution in [2.75, 3.05) is 5.32 Å². The zero-order chi connectivity index (χ0) is 20.8. The van der Waals surface area contributed by atoms with E-state index in [9.17, 15) is 4.79 Å². The first-order valence-corrected chi connectivity index (χ1v) is 9.95. The molecule has 2 aromatic heterocycles. The van der Waals surface area contributed by atoms with Gasteiger partial charge in [0.15, 0.2) is 5.76 Å². The monoisotopic (exact) mass is 453 g/mol. The topological polar surface area (TPSA) is 81.2 Å². The second-order valence-corrected chi connectivity index (χ2v) is 6.80. The van der Waals surface area contributed by atoms with Crippen LogP contribution in [0.15, 0.2) is 74.2 Å². The minimum absolute atomic E-state index is 0.187. The smallest absolute Gasteiger partial charge is 0.283 e. The van der Waals surface area contributed by atoms with Crippen LogP contribution in [0.1, 0.15) is 29.8 Å². The van der Waals surface area contributed by atoms with Crippen molar-refractivity contribution in [3.05, 3.63) is 76.5 Å². The van der Waals surface area contributed by atoms with E-state index in [0.717, 1.165) is 10.0 Å². The zero-order valence-electron chi connectivity index (χ0n) is 16.3. The number of nitrogens with one attached hydrogen (secondary N) is 1. The van der Waals surface area contributed by atoms with Gasteiger partial charge in [0.2, 0.25) is 5.89 Å². The van der Waals surface area contributed by atoms with Gasteiger partial charge in [-0.05, 0) is 55.0 Å². The molecule has 0 spiro atoms. The first kappa shape index (κ1) is 20.5. The van der Waals surface area contributed by atoms with Gasteiger partial charge in [-0.25, -0.2) is 0 Å². The average Bonchev–Trinajstić information content (AvgIpc) is 3.43. The summed E-state index contributed by atoms with van der Waals surface area (Å²) < 4.78 is 11.8. The van der Waals surface area contributed by atoms with Crippen molar-refractivity contribution in [3.8, 4) is 23.1 Å². The summed E-state index contributed by atoms with van der Waals surface area (Å²) in [6.07, 6.45) is 1.54. The fourth-order valence-electron chi connectivity index (χ4n) is 2.61. The van der Waals surface area contributed by atoms with Gasteiger partial charge in [0.05, 0.1) is 6.26 Å². The molecule has 0 fully saturated rings. The molecule has 0 atom stereocenters. The highest BCUT2D eigenvalue weighted by atomic mass is 79.9. The summed E-state index contributed by atoms with van der Waals surface area (Å²) in [6, 6.07) is 16.3. The molecule has 0 saturated carbocycles. The molecule has 0 aliphatic heterocycles. The molecule has 0 bridgehead atoms. The van der Waals surface area contributed by atoms with E-state index < -0.39 is 0 Å². The lowest BCUT2D eigenvalue weighted by Gasteiger charge is -2.09. The normalized spacial score (nSPS) is 10.2. The van der Waals surface area contributed by atoms with Gasteiger partial charge in [-0.2, -0.15) is 0 Å². The van der Waals surface area contributed by atoms with E-state index >= 15 is 0 Å². The summed E-state index contributed by atoms with van der Waals surface area (Å²) in [7, 11) is 0. The zero-order valence-corrected chi connectivity index (χ0v) is 17.9. The highest BCUT2D eigenvalue weighted by Gasteiger charge is 2.14. The number of aryl methyl sites for hydroxylation is 1. The van der Waals surface area contributed by atoms with Crippen molar-refractivity contribution in [2.45, 2.75) is 20.8 Å². The molecular formula is C22H20BrN3O3. The van der Waals surface area contributed by atoms with Gasteiger partial charge in [0.1, 0.15) is 0 Å². The first-order valence-electron chi connectivity index (χ1n) is 9.15. The van der Waals surface area contributed by atoms with Gasteiger partial charge in [-0.15, -0.1) is 10.2 Å². The predicted octanol–water partition coefficient (Wildman–Crippen LogP) is 6.35. The number of aromatic nitrogens is 2. The lowest BCUT2D eigenvalue weighted by atomic mass is 10.1. The Hall–Kier alpha value is -3.19. The first-order chi connectivity index (χ1) is 14.1. The molecule has 2 aromatic carbocycles. The molecule has 2 heterocycles. The van der Waals surface area contributed by atoms with Crippen LogP contribution < -0.4 is 5.32 Å². The van der Waals surface area contributed by atoms with Crippen LogP contribution in [-0.2, 0) is 0 Å². The van der Waals surface area contributed by atoms with E-state index in [1.54, 1.807) is 36.6 Å². The summed E-state index contributed by atoms with van der Waals surface area (Å²) in [5.74, 6) is 0.960. The highest BCUT2D eigenvalue weighted by Crippen LogP contribution is 2.26. The van der Waals surface area contributed by atoms with Crippen LogP contribution >= 0.6 is 15.9 Å². The third-order valence-electron chi connectivity index (χ3n) is 3.97. The van der Waals surface area contributed by atoms with Crippen LogP contribution in [0.4, 0.5) is 5.69 Å². The quantitative estimate of drug-likeness (QED) is 0.389. The van der Waals surface area contributed by atoms with Gasteiger partial charge < -0.3 is 14.2 Å². The van der Waals surface area contributed by atoms with E-state index in [2.05, 4.69) is 31.4 Å². The standard InChI is InChI=1S/C20H14BrN3O3.C2H6/c1-12-7-8-14(21)11-16(12)18(25)22-15-5-2-4-13(10-15)19-23-24-20(27-19)17-6-3-9-26-17;1-2/h2-11H,1H3,(H,22,25);1-2H3. The van der Waals surface area contributed by atoms with Crippen LogP contribution in [-0.4, -0.2) is 16.1 Å². The molecule has 1 N–H and O–H groups in total. The Morgan fingerprint density at radius 1 is 1.00 bits per heavy atom. The van der Waals surface area contributed by atoms with Gasteiger partial charge in [0, 0.05) is 21.3 Å². The number of hydrogen-bond acceptors (Lipinski definition) is 5. The van der Waals surface area contributed by atoms with Crippen molar-refractivity contribution in [3.63, 3.8) is 0 Å². The van der Waals surface area contributed by atoms with Crippen LogP contribution in [0.3, 0.4) is 0 Å². The van der Waals surface area contributed by atoms with E-state index in [-0.39, 0.29) is 5.91 Å². The van der Waals surface area contributed by atoms with Crippen LogP contribution in [0.5, 0.6) is 0 Å². The summed E-state index contributed by atoms with van der Waals surface area (Å²) in [6.45, 7) is 5.90. The van der Waals surface area contributed by atoms with Gasteiger partial charge >= 0.3 is 0 Å². The number of nitrogens with zero attached hydrogens (tertiary/aromatic N) is 2. The third-order valence-corrected chi connectivity index (χ3v) is 4.46. The Morgan fingerprint density at radius 3 is 2.55 bits per heavy atom. The van der Waals surface area contributed by atoms with Gasteiger partial charge in [0.25, 0.3) is 11.8 Å². The van der Waals surface area contributed by atoms with Crippen molar-refractivity contribution < 1.29 is 13.6 Å². The number of anilines is 1. The molecule has 7 heteroatoms. The maximum Gasteiger partial charge on any atom is 0.283 e. The number of halogens is 1. The summed E-state index contributed by atoms with van der Waals surface area (Å²) in [5.41, 5.74) is 2.83. The fraction of sp³-hybridized carbons (Fsp3) is 0.136. The minimum atomic E-state index is -0.187. The van der Waals surface area contributed by atoms with E-state index in [1.165, 1.54) is 0 Å². The van der Waals surface area contributed by atoms with Crippen molar-refractivity contribution >= 4 is 27.5 Å². The molecule has 6 nitrogen and oxygen atoms in total. The number of benzene rings is 2. The number of hydrogen-bond donors (Lipinski definition) is 1. The number of carbonyl (C=O) groups is 1. The van der Waals surface area contributed by atoms with E-state index in [0.29, 0.717) is 34.4 Å². The van der Waals surface area contributed by atoms with E-state index in [4.69, 9.17) is 8.83 Å². The Bertz CT molecular complexity index is 1100. The Labute approximate surface area is 177 Å². The van der Waals surface area contributed by atoms with Crippen LogP contribution in [0, 0.1) is 6.92 Å².